The molecule has 4 saturated carbocycles. The fourth-order valence-corrected chi connectivity index (χ4v) is 6.00. The van der Waals surface area contributed by atoms with Gasteiger partial charge in [-0.15, -0.1) is 0 Å². The fourth-order valence-electron chi connectivity index (χ4n) is 6.00. The first-order chi connectivity index (χ1) is 12.4. The number of ether oxygens (including phenoxy) is 1. The van der Waals surface area contributed by atoms with Gasteiger partial charge in [-0.05, 0) is 69.4 Å². The number of aryl methyl sites for hydroxylation is 1. The van der Waals surface area contributed by atoms with Crippen LogP contribution < -0.4 is 0 Å². The molecule has 0 spiro atoms. The number of benzene rings is 1. The SMILES string of the molecule is Cc1nc2ccccc2nc1COC(=O)C12C[C@H]3C[C@@H](CC(O)(C3)C1)C2. The molecule has 4 bridgehead atoms. The van der Waals surface area contributed by atoms with Crippen LogP contribution in [0.2, 0.25) is 0 Å². The Kier molecular flexibility index (Phi) is 3.42. The molecule has 1 N–H and O–H groups in total. The van der Waals surface area contributed by atoms with Crippen LogP contribution >= 0.6 is 0 Å². The highest BCUT2D eigenvalue weighted by atomic mass is 16.5. The molecule has 0 amide bonds. The first-order valence-electron chi connectivity index (χ1n) is 9.57. The smallest absolute Gasteiger partial charge is 0.312 e. The summed E-state index contributed by atoms with van der Waals surface area (Å²) in [6.45, 7) is 2.05. The maximum atomic E-state index is 13.0. The predicted octanol–water partition coefficient (Wildman–Crippen LogP) is 3.31. The Morgan fingerprint density at radius 1 is 1.15 bits per heavy atom. The molecular formula is C21H24N2O3. The number of aromatic nitrogens is 2. The zero-order valence-corrected chi connectivity index (χ0v) is 15.1. The summed E-state index contributed by atoms with van der Waals surface area (Å²) in [7, 11) is 0. The van der Waals surface area contributed by atoms with Gasteiger partial charge < -0.3 is 9.84 Å². The van der Waals surface area contributed by atoms with Crippen molar-refractivity contribution in [2.24, 2.45) is 17.3 Å². The van der Waals surface area contributed by atoms with Gasteiger partial charge in [0.2, 0.25) is 0 Å². The molecule has 2 atom stereocenters. The van der Waals surface area contributed by atoms with E-state index in [4.69, 9.17) is 4.74 Å². The van der Waals surface area contributed by atoms with E-state index >= 15 is 0 Å². The van der Waals surface area contributed by atoms with Crippen molar-refractivity contribution in [3.63, 3.8) is 0 Å². The summed E-state index contributed by atoms with van der Waals surface area (Å²) in [5.74, 6) is 0.784. The summed E-state index contributed by atoms with van der Waals surface area (Å²) >= 11 is 0. The standard InChI is InChI=1S/C21H24N2O3/c1-13-18(23-17-5-3-2-4-16(17)22-13)11-26-19(24)20-7-14-6-15(8-20)10-21(25,9-14)12-20/h2-5,14-15,25H,6-12H2,1H3/t14-,15-,20?,21?/m1/s1. The summed E-state index contributed by atoms with van der Waals surface area (Å²) < 4.78 is 5.74. The zero-order valence-electron chi connectivity index (χ0n) is 15.1. The Hall–Kier alpha value is -2.01. The summed E-state index contributed by atoms with van der Waals surface area (Å²) in [5.41, 5.74) is 2.02. The minimum absolute atomic E-state index is 0.151. The average Bonchev–Trinajstić information content (AvgIpc) is 2.57. The van der Waals surface area contributed by atoms with Gasteiger partial charge >= 0.3 is 5.97 Å². The molecule has 2 aromatic rings. The third kappa shape index (κ3) is 2.52. The van der Waals surface area contributed by atoms with Gasteiger partial charge in [0.25, 0.3) is 0 Å². The Balaban J connectivity index is 1.36. The molecule has 4 fully saturated rings. The third-order valence-electron chi connectivity index (χ3n) is 6.65. The van der Waals surface area contributed by atoms with E-state index in [0.717, 1.165) is 48.8 Å². The van der Waals surface area contributed by atoms with Crippen LogP contribution in [0.15, 0.2) is 24.3 Å². The van der Waals surface area contributed by atoms with Gasteiger partial charge in [-0.25, -0.2) is 9.97 Å². The topological polar surface area (TPSA) is 72.3 Å². The summed E-state index contributed by atoms with van der Waals surface area (Å²) in [4.78, 5) is 22.2. The molecule has 1 aromatic carbocycles. The van der Waals surface area contributed by atoms with E-state index in [-0.39, 0.29) is 12.6 Å². The van der Waals surface area contributed by atoms with Crippen molar-refractivity contribution in [2.45, 2.75) is 57.7 Å². The Labute approximate surface area is 152 Å². The van der Waals surface area contributed by atoms with Crippen molar-refractivity contribution in [3.05, 3.63) is 35.7 Å². The minimum atomic E-state index is -0.651. The lowest BCUT2D eigenvalue weighted by atomic mass is 9.48. The second kappa shape index (κ2) is 5.49. The van der Waals surface area contributed by atoms with Crippen molar-refractivity contribution >= 4 is 17.0 Å². The van der Waals surface area contributed by atoms with Crippen molar-refractivity contribution in [1.29, 1.82) is 0 Å². The number of aliphatic hydroxyl groups is 1. The number of rotatable bonds is 3. The molecule has 5 nitrogen and oxygen atoms in total. The first kappa shape index (κ1) is 16.2. The van der Waals surface area contributed by atoms with Crippen molar-refractivity contribution < 1.29 is 14.6 Å². The maximum Gasteiger partial charge on any atom is 0.312 e. The Bertz CT molecular complexity index is 880. The van der Waals surface area contributed by atoms with Crippen LogP contribution in [0.1, 0.15) is 49.9 Å². The van der Waals surface area contributed by atoms with Crippen LogP contribution in [0.5, 0.6) is 0 Å². The molecule has 1 heterocycles. The molecule has 4 aliphatic carbocycles. The van der Waals surface area contributed by atoms with E-state index in [1.165, 1.54) is 0 Å². The second-order valence-corrected chi connectivity index (χ2v) is 8.79. The van der Waals surface area contributed by atoms with Crippen LogP contribution in [-0.4, -0.2) is 26.6 Å². The van der Waals surface area contributed by atoms with E-state index in [1.54, 1.807) is 0 Å². The van der Waals surface area contributed by atoms with Crippen LogP contribution in [0, 0.1) is 24.2 Å². The van der Waals surface area contributed by atoms with Gasteiger partial charge in [-0.2, -0.15) is 0 Å². The predicted molar refractivity (Wildman–Crippen MR) is 96.1 cm³/mol. The zero-order chi connectivity index (χ0) is 17.9. The van der Waals surface area contributed by atoms with Crippen molar-refractivity contribution in [3.8, 4) is 0 Å². The first-order valence-corrected chi connectivity index (χ1v) is 9.57. The van der Waals surface area contributed by atoms with Gasteiger partial charge in [0.1, 0.15) is 6.61 Å². The number of fused-ring (bicyclic) bond motifs is 1. The van der Waals surface area contributed by atoms with E-state index in [0.29, 0.717) is 24.0 Å². The average molecular weight is 352 g/mol. The van der Waals surface area contributed by atoms with Crippen LogP contribution in [0.25, 0.3) is 11.0 Å². The molecule has 136 valence electrons. The number of nitrogens with zero attached hydrogens (tertiary/aromatic N) is 2. The molecule has 0 saturated heterocycles. The largest absolute Gasteiger partial charge is 0.459 e. The number of hydrogen-bond donors (Lipinski definition) is 1. The third-order valence-corrected chi connectivity index (χ3v) is 6.65. The molecule has 0 radical (unpaired) electrons. The summed E-state index contributed by atoms with van der Waals surface area (Å²) in [6.07, 6.45) is 5.17. The van der Waals surface area contributed by atoms with Crippen LogP contribution in [0.3, 0.4) is 0 Å². The number of carbonyl (C=O) groups is 1. The molecule has 0 aliphatic heterocycles. The van der Waals surface area contributed by atoms with Gasteiger partial charge in [-0.3, -0.25) is 4.79 Å². The van der Waals surface area contributed by atoms with Crippen LogP contribution in [-0.2, 0) is 16.1 Å². The molecule has 26 heavy (non-hydrogen) atoms. The van der Waals surface area contributed by atoms with Gasteiger partial charge in [-0.1, -0.05) is 12.1 Å². The molecule has 4 aliphatic rings. The maximum absolute atomic E-state index is 13.0. The molecule has 0 unspecified atom stereocenters. The lowest BCUT2D eigenvalue weighted by molar-refractivity contribution is -0.197. The lowest BCUT2D eigenvalue weighted by Crippen LogP contribution is -2.58. The highest BCUT2D eigenvalue weighted by molar-refractivity contribution is 5.78. The number of hydrogen-bond acceptors (Lipinski definition) is 5. The fraction of sp³-hybridized carbons (Fsp3) is 0.571. The molecule has 5 heteroatoms. The Morgan fingerprint density at radius 3 is 2.46 bits per heavy atom. The van der Waals surface area contributed by atoms with E-state index in [2.05, 4.69) is 9.97 Å². The molecule has 1 aromatic heterocycles. The Morgan fingerprint density at radius 2 is 1.81 bits per heavy atom. The van der Waals surface area contributed by atoms with Crippen molar-refractivity contribution in [2.75, 3.05) is 0 Å². The summed E-state index contributed by atoms with van der Waals surface area (Å²) in [5, 5.41) is 10.8. The quantitative estimate of drug-likeness (QED) is 0.858. The number of carbonyl (C=O) groups excluding carboxylic acids is 1. The highest BCUT2D eigenvalue weighted by Gasteiger charge is 2.60. The number of para-hydroxylation sites is 2. The van der Waals surface area contributed by atoms with E-state index in [1.807, 2.05) is 31.2 Å². The van der Waals surface area contributed by atoms with Gasteiger partial charge in [0, 0.05) is 0 Å². The molecule has 6 rings (SSSR count). The highest BCUT2D eigenvalue weighted by Crippen LogP contribution is 2.62. The lowest BCUT2D eigenvalue weighted by Gasteiger charge is -2.58. The number of esters is 1. The minimum Gasteiger partial charge on any atom is -0.459 e. The second-order valence-electron chi connectivity index (χ2n) is 8.79. The normalized spacial score (nSPS) is 35.0. The van der Waals surface area contributed by atoms with Crippen molar-refractivity contribution in [1.82, 2.24) is 9.97 Å². The monoisotopic (exact) mass is 352 g/mol. The van der Waals surface area contributed by atoms with Gasteiger partial charge in [0.15, 0.2) is 0 Å². The molecular weight excluding hydrogens is 328 g/mol. The van der Waals surface area contributed by atoms with E-state index < -0.39 is 11.0 Å². The van der Waals surface area contributed by atoms with Crippen LogP contribution in [0.4, 0.5) is 0 Å². The van der Waals surface area contributed by atoms with Gasteiger partial charge in [0.05, 0.1) is 33.4 Å². The van der Waals surface area contributed by atoms with E-state index in [9.17, 15) is 9.90 Å². The summed E-state index contributed by atoms with van der Waals surface area (Å²) in [6, 6.07) is 7.72.